The van der Waals surface area contributed by atoms with Gasteiger partial charge in [0.2, 0.25) is 0 Å². The van der Waals surface area contributed by atoms with Crippen LogP contribution in [0.3, 0.4) is 0 Å². The Bertz CT molecular complexity index is 741. The molecule has 1 aliphatic carbocycles. The van der Waals surface area contributed by atoms with E-state index < -0.39 is 5.97 Å². The van der Waals surface area contributed by atoms with Crippen LogP contribution < -0.4 is 4.90 Å². The average Bonchev–Trinajstić information content (AvgIpc) is 2.84. The van der Waals surface area contributed by atoms with Gasteiger partial charge in [0.05, 0.1) is 12.2 Å². The highest BCUT2D eigenvalue weighted by atomic mass is 32.1. The smallest absolute Gasteiger partial charge is 0.345 e. The Balaban J connectivity index is 1.52. The Hall–Kier alpha value is -1.66. The molecule has 128 valence electrons. The number of fused-ring (bicyclic) bond motifs is 1. The lowest BCUT2D eigenvalue weighted by Crippen LogP contribution is -2.29. The van der Waals surface area contributed by atoms with Crippen molar-refractivity contribution < 1.29 is 14.6 Å². The molecule has 6 heteroatoms. The predicted octanol–water partition coefficient (Wildman–Crippen LogP) is 3.92. The van der Waals surface area contributed by atoms with E-state index in [4.69, 9.17) is 4.74 Å². The first-order chi connectivity index (χ1) is 11.7. The molecule has 4 rings (SSSR count). The van der Waals surface area contributed by atoms with Gasteiger partial charge in [-0.05, 0) is 50.7 Å². The third-order valence-electron chi connectivity index (χ3n) is 5.05. The van der Waals surface area contributed by atoms with E-state index in [1.807, 2.05) is 6.07 Å². The highest BCUT2D eigenvalue weighted by molar-refractivity contribution is 7.20. The minimum atomic E-state index is -0.869. The van der Waals surface area contributed by atoms with Crippen LogP contribution in [0.2, 0.25) is 0 Å². The van der Waals surface area contributed by atoms with E-state index in [0.717, 1.165) is 48.3 Å². The third-order valence-corrected chi connectivity index (χ3v) is 6.14. The van der Waals surface area contributed by atoms with E-state index in [-0.39, 0.29) is 0 Å². The number of ether oxygens (including phenoxy) is 1. The first kappa shape index (κ1) is 15.8. The lowest BCUT2D eigenvalue weighted by molar-refractivity contribution is -0.0549. The number of carboxylic acid groups (broad SMARTS) is 1. The standard InChI is InChI=1S/C18H22N2O3S/c21-18(22)16-11-14-15(24-16)6-8-19-17(14)20-9-2-5-13(7-10-20)23-12-3-1-4-12/h6,8,11-13H,1-5,7,9-10H2,(H,21,22). The fraction of sp³-hybridized carbons (Fsp3) is 0.556. The van der Waals surface area contributed by atoms with E-state index in [1.165, 1.54) is 30.6 Å². The summed E-state index contributed by atoms with van der Waals surface area (Å²) in [5, 5.41) is 10.2. The average molecular weight is 346 g/mol. The van der Waals surface area contributed by atoms with E-state index in [2.05, 4.69) is 9.88 Å². The van der Waals surface area contributed by atoms with Gasteiger partial charge >= 0.3 is 5.97 Å². The van der Waals surface area contributed by atoms with Gasteiger partial charge in [0.1, 0.15) is 10.7 Å². The number of thiophene rings is 1. The van der Waals surface area contributed by atoms with Crippen molar-refractivity contribution in [1.82, 2.24) is 4.98 Å². The van der Waals surface area contributed by atoms with Gasteiger partial charge in [-0.25, -0.2) is 9.78 Å². The van der Waals surface area contributed by atoms with Crippen molar-refractivity contribution >= 4 is 33.2 Å². The van der Waals surface area contributed by atoms with Gasteiger partial charge in [-0.1, -0.05) is 0 Å². The quantitative estimate of drug-likeness (QED) is 0.909. The Morgan fingerprint density at radius 3 is 2.75 bits per heavy atom. The van der Waals surface area contributed by atoms with Crippen LogP contribution in [-0.2, 0) is 4.74 Å². The van der Waals surface area contributed by atoms with E-state index in [1.54, 1.807) is 12.3 Å². The largest absolute Gasteiger partial charge is 0.477 e. The molecule has 1 N–H and O–H groups in total. The first-order valence-corrected chi connectivity index (χ1v) is 9.54. The van der Waals surface area contributed by atoms with Crippen LogP contribution in [0, 0.1) is 0 Å². The Morgan fingerprint density at radius 2 is 2.00 bits per heavy atom. The summed E-state index contributed by atoms with van der Waals surface area (Å²) >= 11 is 1.32. The zero-order valence-electron chi connectivity index (χ0n) is 13.6. The minimum absolute atomic E-state index is 0.358. The van der Waals surface area contributed by atoms with Gasteiger partial charge in [-0.2, -0.15) is 0 Å². The second-order valence-corrected chi connectivity index (χ2v) is 7.77. The Labute approximate surface area is 145 Å². The van der Waals surface area contributed by atoms with E-state index in [0.29, 0.717) is 17.1 Å². The lowest BCUT2D eigenvalue weighted by atomic mass is 9.95. The molecule has 5 nitrogen and oxygen atoms in total. The summed E-state index contributed by atoms with van der Waals surface area (Å²) in [5.41, 5.74) is 0. The zero-order valence-corrected chi connectivity index (χ0v) is 14.4. The van der Waals surface area contributed by atoms with Crippen LogP contribution in [0.15, 0.2) is 18.3 Å². The molecule has 0 bridgehead atoms. The molecular formula is C18H22N2O3S. The maximum Gasteiger partial charge on any atom is 0.345 e. The van der Waals surface area contributed by atoms with Crippen LogP contribution in [0.5, 0.6) is 0 Å². The Kier molecular flexibility index (Phi) is 4.41. The Morgan fingerprint density at radius 1 is 1.21 bits per heavy atom. The highest BCUT2D eigenvalue weighted by Gasteiger charge is 2.25. The molecule has 1 atom stereocenters. The molecule has 1 saturated heterocycles. The van der Waals surface area contributed by atoms with Crippen LogP contribution in [-0.4, -0.2) is 41.4 Å². The van der Waals surface area contributed by atoms with Crippen molar-refractivity contribution in [3.63, 3.8) is 0 Å². The van der Waals surface area contributed by atoms with Crippen LogP contribution in [0.1, 0.15) is 48.2 Å². The molecule has 1 saturated carbocycles. The number of anilines is 1. The van der Waals surface area contributed by atoms with Crippen molar-refractivity contribution in [3.8, 4) is 0 Å². The summed E-state index contributed by atoms with van der Waals surface area (Å²) in [4.78, 5) is 18.5. The summed E-state index contributed by atoms with van der Waals surface area (Å²) in [7, 11) is 0. The number of carbonyl (C=O) groups is 1. The predicted molar refractivity (Wildman–Crippen MR) is 95.2 cm³/mol. The van der Waals surface area contributed by atoms with Gasteiger partial charge in [0.15, 0.2) is 0 Å². The van der Waals surface area contributed by atoms with E-state index >= 15 is 0 Å². The number of rotatable bonds is 4. The van der Waals surface area contributed by atoms with Crippen LogP contribution >= 0.6 is 11.3 Å². The van der Waals surface area contributed by atoms with Gasteiger partial charge in [-0.3, -0.25) is 0 Å². The second-order valence-electron chi connectivity index (χ2n) is 6.69. The molecule has 2 aromatic rings. The number of pyridine rings is 1. The maximum atomic E-state index is 11.3. The highest BCUT2D eigenvalue weighted by Crippen LogP contribution is 2.33. The van der Waals surface area contributed by atoms with Crippen LogP contribution in [0.4, 0.5) is 5.82 Å². The molecular weight excluding hydrogens is 324 g/mol. The number of nitrogens with zero attached hydrogens (tertiary/aromatic N) is 2. The molecule has 0 spiro atoms. The summed E-state index contributed by atoms with van der Waals surface area (Å²) < 4.78 is 7.18. The number of carboxylic acids is 1. The molecule has 2 aliphatic rings. The fourth-order valence-corrected chi connectivity index (χ4v) is 4.39. The minimum Gasteiger partial charge on any atom is -0.477 e. The van der Waals surface area contributed by atoms with Crippen molar-refractivity contribution in [2.75, 3.05) is 18.0 Å². The second kappa shape index (κ2) is 6.69. The van der Waals surface area contributed by atoms with Gasteiger partial charge < -0.3 is 14.7 Å². The lowest BCUT2D eigenvalue weighted by Gasteiger charge is -2.30. The van der Waals surface area contributed by atoms with Crippen molar-refractivity contribution in [3.05, 3.63) is 23.2 Å². The number of aromatic nitrogens is 1. The molecule has 1 unspecified atom stereocenters. The van der Waals surface area contributed by atoms with Gasteiger partial charge in [-0.15, -0.1) is 11.3 Å². The van der Waals surface area contributed by atoms with Crippen molar-refractivity contribution in [2.24, 2.45) is 0 Å². The zero-order chi connectivity index (χ0) is 16.5. The summed E-state index contributed by atoms with van der Waals surface area (Å²) in [5.74, 6) is 0.0486. The topological polar surface area (TPSA) is 62.7 Å². The summed E-state index contributed by atoms with van der Waals surface area (Å²) in [6.07, 6.45) is 9.58. The molecule has 24 heavy (non-hydrogen) atoms. The van der Waals surface area contributed by atoms with E-state index in [9.17, 15) is 9.90 Å². The maximum absolute atomic E-state index is 11.3. The normalized spacial score (nSPS) is 22.3. The summed E-state index contributed by atoms with van der Waals surface area (Å²) in [6, 6.07) is 3.66. The first-order valence-electron chi connectivity index (χ1n) is 8.73. The van der Waals surface area contributed by atoms with Crippen molar-refractivity contribution in [1.29, 1.82) is 0 Å². The SMILES string of the molecule is O=C(O)c1cc2c(N3CCCC(OC4CCC4)CC3)nccc2s1. The monoisotopic (exact) mass is 346 g/mol. The fourth-order valence-electron chi connectivity index (χ4n) is 3.50. The molecule has 2 aromatic heterocycles. The third kappa shape index (κ3) is 3.13. The molecule has 0 amide bonds. The molecule has 2 fully saturated rings. The molecule has 0 aromatic carbocycles. The van der Waals surface area contributed by atoms with Gasteiger partial charge in [0.25, 0.3) is 0 Å². The molecule has 0 radical (unpaired) electrons. The number of hydrogen-bond donors (Lipinski definition) is 1. The molecule has 1 aliphatic heterocycles. The number of hydrogen-bond acceptors (Lipinski definition) is 5. The van der Waals surface area contributed by atoms with Crippen LogP contribution in [0.25, 0.3) is 10.1 Å². The van der Waals surface area contributed by atoms with Gasteiger partial charge in [0, 0.05) is 29.4 Å². The van der Waals surface area contributed by atoms with Crippen molar-refractivity contribution in [2.45, 2.75) is 50.7 Å². The number of aromatic carboxylic acids is 1. The summed E-state index contributed by atoms with van der Waals surface area (Å²) in [6.45, 7) is 1.87. The molecule has 3 heterocycles.